The van der Waals surface area contributed by atoms with Crippen molar-refractivity contribution in [3.8, 4) is 5.75 Å². The molecule has 28 heavy (non-hydrogen) atoms. The van der Waals surface area contributed by atoms with Gasteiger partial charge in [0.2, 0.25) is 0 Å². The minimum Gasteiger partial charge on any atom is -0.497 e. The number of pyridine rings is 1. The number of benzene rings is 2. The van der Waals surface area contributed by atoms with Gasteiger partial charge < -0.3 is 15.0 Å². The van der Waals surface area contributed by atoms with Gasteiger partial charge in [0, 0.05) is 50.3 Å². The third-order valence-electron chi connectivity index (χ3n) is 5.14. The summed E-state index contributed by atoms with van der Waals surface area (Å²) < 4.78 is 5.24. The van der Waals surface area contributed by atoms with Crippen molar-refractivity contribution in [3.63, 3.8) is 0 Å². The molecule has 0 atom stereocenters. The molecule has 1 N–H and O–H groups in total. The quantitative estimate of drug-likeness (QED) is 0.682. The van der Waals surface area contributed by atoms with Gasteiger partial charge in [-0.3, -0.25) is 4.90 Å². The fourth-order valence-corrected chi connectivity index (χ4v) is 3.53. The Labute approximate surface area is 172 Å². The zero-order chi connectivity index (χ0) is 18.5. The summed E-state index contributed by atoms with van der Waals surface area (Å²) in [7, 11) is 1.70. The summed E-state index contributed by atoms with van der Waals surface area (Å²) in [6, 6.07) is 20.7. The zero-order valence-corrected chi connectivity index (χ0v) is 17.0. The van der Waals surface area contributed by atoms with Crippen molar-refractivity contribution in [2.45, 2.75) is 0 Å². The number of aromatic nitrogens is 1. The van der Waals surface area contributed by atoms with Gasteiger partial charge in [-0.15, -0.1) is 12.4 Å². The van der Waals surface area contributed by atoms with Crippen LogP contribution in [0.2, 0.25) is 0 Å². The number of nitrogens with zero attached hydrogens (tertiary/aromatic N) is 3. The molecule has 0 bridgehead atoms. The van der Waals surface area contributed by atoms with E-state index in [1.54, 1.807) is 7.11 Å². The fourth-order valence-electron chi connectivity index (χ4n) is 3.53. The van der Waals surface area contributed by atoms with Gasteiger partial charge in [-0.05, 0) is 42.5 Å². The van der Waals surface area contributed by atoms with Crippen LogP contribution in [0.25, 0.3) is 10.9 Å². The van der Waals surface area contributed by atoms with Crippen molar-refractivity contribution < 1.29 is 4.74 Å². The Kier molecular flexibility index (Phi) is 6.95. The minimum atomic E-state index is 0. The van der Waals surface area contributed by atoms with Crippen LogP contribution in [0.3, 0.4) is 0 Å². The molecule has 1 aliphatic heterocycles. The summed E-state index contributed by atoms with van der Waals surface area (Å²) >= 11 is 0. The molecule has 6 heteroatoms. The molecule has 2 aromatic carbocycles. The third-order valence-corrected chi connectivity index (χ3v) is 5.14. The molecule has 0 spiro atoms. The first-order valence-electron chi connectivity index (χ1n) is 9.53. The van der Waals surface area contributed by atoms with Crippen molar-refractivity contribution in [2.75, 3.05) is 56.6 Å². The van der Waals surface area contributed by atoms with Crippen molar-refractivity contribution in [2.24, 2.45) is 0 Å². The maximum Gasteiger partial charge on any atom is 0.126 e. The molecule has 0 amide bonds. The molecule has 0 unspecified atom stereocenters. The molecule has 1 aromatic heterocycles. The molecule has 1 aliphatic rings. The Morgan fingerprint density at radius 2 is 1.68 bits per heavy atom. The molecule has 3 aromatic rings. The normalized spacial score (nSPS) is 14.5. The van der Waals surface area contributed by atoms with Crippen LogP contribution < -0.4 is 15.0 Å². The Morgan fingerprint density at radius 1 is 0.929 bits per heavy atom. The molecule has 1 saturated heterocycles. The van der Waals surface area contributed by atoms with Crippen LogP contribution in [0.5, 0.6) is 5.75 Å². The second-order valence-corrected chi connectivity index (χ2v) is 6.84. The number of ether oxygens (including phenoxy) is 1. The maximum atomic E-state index is 5.24. The molecule has 5 nitrogen and oxygen atoms in total. The van der Waals surface area contributed by atoms with E-state index in [1.165, 1.54) is 11.1 Å². The summed E-state index contributed by atoms with van der Waals surface area (Å²) in [6.45, 7) is 6.22. The van der Waals surface area contributed by atoms with Gasteiger partial charge in [0.05, 0.1) is 12.6 Å². The van der Waals surface area contributed by atoms with E-state index in [0.717, 1.165) is 56.4 Å². The molecular weight excluding hydrogens is 372 g/mol. The van der Waals surface area contributed by atoms with E-state index < -0.39 is 0 Å². The van der Waals surface area contributed by atoms with Crippen LogP contribution in [0, 0.1) is 0 Å². The Bertz CT molecular complexity index is 879. The average Bonchev–Trinajstić information content (AvgIpc) is 2.74. The Hall–Kier alpha value is -2.50. The van der Waals surface area contributed by atoms with Crippen molar-refractivity contribution in [1.82, 2.24) is 9.88 Å². The Morgan fingerprint density at radius 3 is 2.43 bits per heavy atom. The first kappa shape index (κ1) is 20.2. The summed E-state index contributed by atoms with van der Waals surface area (Å²) in [5.74, 6) is 1.86. The van der Waals surface area contributed by atoms with Crippen LogP contribution in [0.15, 0.2) is 60.7 Å². The number of hydrogen-bond donors (Lipinski definition) is 1. The van der Waals surface area contributed by atoms with E-state index in [4.69, 9.17) is 4.74 Å². The van der Waals surface area contributed by atoms with Gasteiger partial charge in [-0.2, -0.15) is 0 Å². The summed E-state index contributed by atoms with van der Waals surface area (Å²) in [5.41, 5.74) is 2.31. The molecule has 2 heterocycles. The fraction of sp³-hybridized carbons (Fsp3) is 0.318. The number of rotatable bonds is 6. The zero-order valence-electron chi connectivity index (χ0n) is 16.2. The highest BCUT2D eigenvalue weighted by Gasteiger charge is 2.16. The lowest BCUT2D eigenvalue weighted by Gasteiger charge is -2.36. The van der Waals surface area contributed by atoms with Gasteiger partial charge in [0.25, 0.3) is 0 Å². The van der Waals surface area contributed by atoms with Crippen molar-refractivity contribution >= 4 is 34.8 Å². The van der Waals surface area contributed by atoms with Crippen LogP contribution in [0.1, 0.15) is 0 Å². The first-order chi connectivity index (χ1) is 13.3. The smallest absolute Gasteiger partial charge is 0.126 e. The summed E-state index contributed by atoms with van der Waals surface area (Å²) in [6.07, 6.45) is 0. The summed E-state index contributed by atoms with van der Waals surface area (Å²) in [4.78, 5) is 9.62. The van der Waals surface area contributed by atoms with Gasteiger partial charge in [0.1, 0.15) is 11.6 Å². The number of fused-ring (bicyclic) bond motifs is 1. The van der Waals surface area contributed by atoms with Crippen LogP contribution in [-0.2, 0) is 0 Å². The predicted octanol–water partition coefficient (Wildman–Crippen LogP) is 3.90. The number of para-hydroxylation sites is 1. The molecule has 4 rings (SSSR count). The third kappa shape index (κ3) is 4.86. The topological polar surface area (TPSA) is 40.6 Å². The molecule has 0 aliphatic carbocycles. The second-order valence-electron chi connectivity index (χ2n) is 6.84. The number of nitrogens with one attached hydrogen (secondary N) is 1. The average molecular weight is 399 g/mol. The summed E-state index contributed by atoms with van der Waals surface area (Å²) in [5, 5.41) is 4.64. The number of hydrogen-bond acceptors (Lipinski definition) is 5. The van der Waals surface area contributed by atoms with Gasteiger partial charge in [-0.25, -0.2) is 4.98 Å². The number of anilines is 2. The highest BCUT2D eigenvalue weighted by atomic mass is 35.5. The van der Waals surface area contributed by atoms with Crippen molar-refractivity contribution in [3.05, 3.63) is 60.7 Å². The maximum absolute atomic E-state index is 5.24. The molecule has 0 saturated carbocycles. The monoisotopic (exact) mass is 398 g/mol. The number of methoxy groups -OCH3 is 1. The number of halogens is 1. The van der Waals surface area contributed by atoms with E-state index in [1.807, 2.05) is 24.3 Å². The SMILES string of the molecule is COc1ccc(N2CCN(CCNc3ccc4ccccc4n3)CC2)cc1.Cl. The minimum absolute atomic E-state index is 0. The number of piperazine rings is 1. The van der Waals surface area contributed by atoms with Gasteiger partial charge in [-0.1, -0.05) is 18.2 Å². The van der Waals surface area contributed by atoms with E-state index >= 15 is 0 Å². The van der Waals surface area contributed by atoms with Crippen LogP contribution in [-0.4, -0.2) is 56.3 Å². The van der Waals surface area contributed by atoms with E-state index in [0.29, 0.717) is 0 Å². The lowest BCUT2D eigenvalue weighted by atomic mass is 10.2. The van der Waals surface area contributed by atoms with E-state index in [9.17, 15) is 0 Å². The lowest BCUT2D eigenvalue weighted by molar-refractivity contribution is 0.267. The van der Waals surface area contributed by atoms with E-state index in [-0.39, 0.29) is 12.4 Å². The van der Waals surface area contributed by atoms with E-state index in [2.05, 4.69) is 56.5 Å². The largest absolute Gasteiger partial charge is 0.497 e. The second kappa shape index (κ2) is 9.62. The first-order valence-corrected chi connectivity index (χ1v) is 9.53. The standard InChI is InChI=1S/C22H26N4O.ClH/c1-27-20-9-7-19(8-10-20)26-16-14-25(15-17-26)13-12-23-22-11-6-18-4-2-3-5-21(18)24-22;/h2-11H,12-17H2,1H3,(H,23,24);1H. The van der Waals surface area contributed by atoms with Gasteiger partial charge >= 0.3 is 0 Å². The highest BCUT2D eigenvalue weighted by molar-refractivity contribution is 5.85. The highest BCUT2D eigenvalue weighted by Crippen LogP contribution is 2.20. The lowest BCUT2D eigenvalue weighted by Crippen LogP contribution is -2.47. The van der Waals surface area contributed by atoms with Crippen molar-refractivity contribution in [1.29, 1.82) is 0 Å². The molecule has 148 valence electrons. The van der Waals surface area contributed by atoms with Crippen LogP contribution >= 0.6 is 12.4 Å². The Balaban J connectivity index is 0.00000225. The van der Waals surface area contributed by atoms with Crippen LogP contribution in [0.4, 0.5) is 11.5 Å². The van der Waals surface area contributed by atoms with Gasteiger partial charge in [0.15, 0.2) is 0 Å². The predicted molar refractivity (Wildman–Crippen MR) is 119 cm³/mol. The molecule has 1 fully saturated rings. The molecular formula is C22H27ClN4O. The molecule has 0 radical (unpaired) electrons.